The molecule has 0 radical (unpaired) electrons. The molecule has 0 aliphatic heterocycles. The van der Waals surface area contributed by atoms with Crippen molar-refractivity contribution in [1.82, 2.24) is 9.78 Å². The van der Waals surface area contributed by atoms with Gasteiger partial charge >= 0.3 is 6.09 Å². The van der Waals surface area contributed by atoms with Crippen molar-refractivity contribution in [3.05, 3.63) is 11.8 Å². The lowest BCUT2D eigenvalue weighted by molar-refractivity contribution is 0.147. The summed E-state index contributed by atoms with van der Waals surface area (Å²) in [6, 6.07) is 1.93. The quantitative estimate of drug-likeness (QED) is 0.840. The predicted molar refractivity (Wildman–Crippen MR) is 57.7 cm³/mol. The number of hydrogen-bond donors (Lipinski definition) is 1. The number of ether oxygens (including phenoxy) is 1. The number of carbonyl (C=O) groups is 1. The lowest BCUT2D eigenvalue weighted by Crippen LogP contribution is -2.17. The van der Waals surface area contributed by atoms with Crippen molar-refractivity contribution in [2.24, 2.45) is 13.0 Å². The molecular weight excluding hydrogens is 208 g/mol. The van der Waals surface area contributed by atoms with E-state index in [0.29, 0.717) is 12.2 Å². The van der Waals surface area contributed by atoms with Crippen LogP contribution in [0.15, 0.2) is 6.20 Å². The molecule has 0 aliphatic carbocycles. The molecule has 0 aromatic carbocycles. The highest BCUT2D eigenvalue weighted by Gasteiger charge is 2.11. The molecule has 0 fully saturated rings. The van der Waals surface area contributed by atoms with Crippen LogP contribution in [0.25, 0.3) is 0 Å². The summed E-state index contributed by atoms with van der Waals surface area (Å²) in [6.07, 6.45) is 0.932. The van der Waals surface area contributed by atoms with Gasteiger partial charge in [-0.2, -0.15) is 10.4 Å². The second kappa shape index (κ2) is 5.16. The van der Waals surface area contributed by atoms with Gasteiger partial charge < -0.3 is 4.74 Å². The summed E-state index contributed by atoms with van der Waals surface area (Å²) in [5.74, 6) is 0.490. The summed E-state index contributed by atoms with van der Waals surface area (Å²) in [6.45, 7) is 4.21. The highest BCUT2D eigenvalue weighted by molar-refractivity contribution is 5.84. The third kappa shape index (κ3) is 3.28. The first kappa shape index (κ1) is 12.0. The molecule has 0 spiro atoms. The molecule has 0 bridgehead atoms. The number of hydrogen-bond acceptors (Lipinski definition) is 4. The zero-order valence-corrected chi connectivity index (χ0v) is 9.52. The Morgan fingerprint density at radius 2 is 2.44 bits per heavy atom. The van der Waals surface area contributed by atoms with Gasteiger partial charge in [0, 0.05) is 13.2 Å². The van der Waals surface area contributed by atoms with Crippen LogP contribution in [0.4, 0.5) is 10.6 Å². The highest BCUT2D eigenvalue weighted by atomic mass is 16.5. The molecule has 16 heavy (non-hydrogen) atoms. The normalized spacial score (nSPS) is 9.94. The molecule has 6 nitrogen and oxygen atoms in total. The van der Waals surface area contributed by atoms with Gasteiger partial charge in [-0.15, -0.1) is 0 Å². The van der Waals surface area contributed by atoms with Gasteiger partial charge in [0.2, 0.25) is 0 Å². The van der Waals surface area contributed by atoms with Gasteiger partial charge in [0.25, 0.3) is 0 Å². The first-order valence-corrected chi connectivity index (χ1v) is 4.90. The van der Waals surface area contributed by atoms with E-state index in [4.69, 9.17) is 10.00 Å². The van der Waals surface area contributed by atoms with Gasteiger partial charge in [0.15, 0.2) is 5.82 Å². The molecule has 1 amide bonds. The minimum absolute atomic E-state index is 0.221. The highest BCUT2D eigenvalue weighted by Crippen LogP contribution is 2.11. The van der Waals surface area contributed by atoms with Gasteiger partial charge in [0.1, 0.15) is 11.6 Å². The smallest absolute Gasteiger partial charge is 0.412 e. The summed E-state index contributed by atoms with van der Waals surface area (Å²) in [7, 11) is 1.67. The van der Waals surface area contributed by atoms with Gasteiger partial charge in [-0.05, 0) is 5.92 Å². The van der Waals surface area contributed by atoms with Crippen molar-refractivity contribution in [3.63, 3.8) is 0 Å². The van der Waals surface area contributed by atoms with Gasteiger partial charge in [-0.1, -0.05) is 13.8 Å². The number of anilines is 1. The minimum Gasteiger partial charge on any atom is -0.449 e. The van der Waals surface area contributed by atoms with E-state index in [0.717, 1.165) is 0 Å². The van der Waals surface area contributed by atoms with Crippen LogP contribution in [0.5, 0.6) is 0 Å². The molecular formula is C10H14N4O2. The Balaban J connectivity index is 2.59. The molecule has 1 heterocycles. The van der Waals surface area contributed by atoms with Gasteiger partial charge in [0.05, 0.1) is 6.61 Å². The number of amides is 1. The van der Waals surface area contributed by atoms with Crippen molar-refractivity contribution in [3.8, 4) is 6.07 Å². The summed E-state index contributed by atoms with van der Waals surface area (Å²) in [4.78, 5) is 11.3. The first-order valence-electron chi connectivity index (χ1n) is 4.90. The van der Waals surface area contributed by atoms with Crippen LogP contribution in [-0.4, -0.2) is 22.5 Å². The molecule has 1 rings (SSSR count). The topological polar surface area (TPSA) is 79.9 Å². The Morgan fingerprint density at radius 1 is 1.75 bits per heavy atom. The van der Waals surface area contributed by atoms with Crippen LogP contribution >= 0.6 is 0 Å². The Bertz CT molecular complexity index is 417. The third-order valence-corrected chi connectivity index (χ3v) is 1.72. The minimum atomic E-state index is -0.594. The van der Waals surface area contributed by atoms with E-state index < -0.39 is 6.09 Å². The van der Waals surface area contributed by atoms with E-state index >= 15 is 0 Å². The monoisotopic (exact) mass is 222 g/mol. The number of nitriles is 1. The maximum atomic E-state index is 11.3. The van der Waals surface area contributed by atoms with E-state index in [1.54, 1.807) is 7.05 Å². The van der Waals surface area contributed by atoms with Crippen molar-refractivity contribution < 1.29 is 9.53 Å². The predicted octanol–water partition coefficient (Wildman–Crippen LogP) is 1.50. The number of carbonyl (C=O) groups excluding carboxylic acids is 1. The molecule has 1 aromatic heterocycles. The van der Waals surface area contributed by atoms with Crippen LogP contribution in [0.1, 0.15) is 19.4 Å². The Hall–Kier alpha value is -2.03. The van der Waals surface area contributed by atoms with Crippen LogP contribution in [0.2, 0.25) is 0 Å². The number of nitrogens with one attached hydrogen (secondary N) is 1. The lowest BCUT2D eigenvalue weighted by Gasteiger charge is -2.06. The van der Waals surface area contributed by atoms with Crippen LogP contribution in [0, 0.1) is 17.2 Å². The lowest BCUT2D eigenvalue weighted by atomic mass is 10.2. The maximum absolute atomic E-state index is 11.3. The summed E-state index contributed by atoms with van der Waals surface area (Å²) in [5, 5.41) is 15.1. The standard InChI is InChI=1S/C10H14N4O2/c1-7(2)6-16-10(15)12-9-8(4-11)5-14(3)13-9/h5,7H,6H2,1-3H3,(H,12,13,15). The van der Waals surface area contributed by atoms with Crippen LogP contribution < -0.4 is 5.32 Å². The average Bonchev–Trinajstić information content (AvgIpc) is 2.55. The molecule has 1 N–H and O–H groups in total. The Morgan fingerprint density at radius 3 is 3.00 bits per heavy atom. The van der Waals surface area contributed by atoms with E-state index in [2.05, 4.69) is 10.4 Å². The molecule has 0 atom stereocenters. The SMILES string of the molecule is CC(C)COC(=O)Nc1nn(C)cc1C#N. The van der Waals surface area contributed by atoms with E-state index in [1.165, 1.54) is 10.9 Å². The van der Waals surface area contributed by atoms with E-state index in [9.17, 15) is 4.79 Å². The zero-order chi connectivity index (χ0) is 12.1. The molecule has 0 saturated heterocycles. The summed E-state index contributed by atoms with van der Waals surface area (Å²) in [5.41, 5.74) is 0.309. The molecule has 0 unspecified atom stereocenters. The average molecular weight is 222 g/mol. The first-order chi connectivity index (χ1) is 7.52. The van der Waals surface area contributed by atoms with Crippen LogP contribution in [-0.2, 0) is 11.8 Å². The number of aryl methyl sites for hydroxylation is 1. The van der Waals surface area contributed by atoms with Gasteiger partial charge in [-0.3, -0.25) is 10.00 Å². The fourth-order valence-corrected chi connectivity index (χ4v) is 1.04. The molecule has 86 valence electrons. The van der Waals surface area contributed by atoms with Crippen molar-refractivity contribution in [2.45, 2.75) is 13.8 Å². The molecule has 1 aromatic rings. The fraction of sp³-hybridized carbons (Fsp3) is 0.500. The van der Waals surface area contributed by atoms with E-state index in [-0.39, 0.29) is 11.7 Å². The molecule has 0 aliphatic rings. The number of nitrogens with zero attached hydrogens (tertiary/aromatic N) is 3. The number of rotatable bonds is 3. The van der Waals surface area contributed by atoms with E-state index in [1.807, 2.05) is 19.9 Å². The Labute approximate surface area is 93.8 Å². The van der Waals surface area contributed by atoms with Crippen molar-refractivity contribution >= 4 is 11.9 Å². The second-order valence-electron chi connectivity index (χ2n) is 3.79. The maximum Gasteiger partial charge on any atom is 0.412 e. The third-order valence-electron chi connectivity index (χ3n) is 1.72. The van der Waals surface area contributed by atoms with Crippen molar-refractivity contribution in [2.75, 3.05) is 11.9 Å². The van der Waals surface area contributed by atoms with Crippen molar-refractivity contribution in [1.29, 1.82) is 5.26 Å². The molecule has 6 heteroatoms. The summed E-state index contributed by atoms with van der Waals surface area (Å²) < 4.78 is 6.36. The summed E-state index contributed by atoms with van der Waals surface area (Å²) >= 11 is 0. The zero-order valence-electron chi connectivity index (χ0n) is 9.52. The van der Waals surface area contributed by atoms with Crippen LogP contribution in [0.3, 0.4) is 0 Å². The largest absolute Gasteiger partial charge is 0.449 e. The number of aromatic nitrogens is 2. The molecule has 0 saturated carbocycles. The fourth-order valence-electron chi connectivity index (χ4n) is 1.04. The Kier molecular flexibility index (Phi) is 3.89. The van der Waals surface area contributed by atoms with Gasteiger partial charge in [-0.25, -0.2) is 4.79 Å². The second-order valence-corrected chi connectivity index (χ2v) is 3.79.